The van der Waals surface area contributed by atoms with Crippen molar-refractivity contribution in [3.8, 4) is 0 Å². The van der Waals surface area contributed by atoms with Crippen molar-refractivity contribution in [1.29, 1.82) is 0 Å². The lowest BCUT2D eigenvalue weighted by Crippen LogP contribution is -2.10. The number of nitrogens with zero attached hydrogens (tertiary/aromatic N) is 2. The first kappa shape index (κ1) is 7.38. The van der Waals surface area contributed by atoms with Gasteiger partial charge in [-0.1, -0.05) is 11.9 Å². The molecule has 0 aromatic carbocycles. The van der Waals surface area contributed by atoms with Gasteiger partial charge in [0.2, 0.25) is 0 Å². The lowest BCUT2D eigenvalue weighted by molar-refractivity contribution is 0.242. The van der Waals surface area contributed by atoms with Crippen LogP contribution in [0.15, 0.2) is 5.18 Å². The van der Waals surface area contributed by atoms with Crippen LogP contribution in [0.25, 0.3) is 0 Å². The van der Waals surface area contributed by atoms with Crippen LogP contribution in [0.4, 0.5) is 4.79 Å². The maximum atomic E-state index is 9.98. The summed E-state index contributed by atoms with van der Waals surface area (Å²) in [4.78, 5) is 19.1. The fraction of sp³-hybridized carbons (Fsp3) is 0.500. The van der Waals surface area contributed by atoms with Crippen LogP contribution in [0.3, 0.4) is 0 Å². The first-order valence-electron chi connectivity index (χ1n) is 1.61. The van der Waals surface area contributed by atoms with Crippen molar-refractivity contribution >= 4 is 18.0 Å². The van der Waals surface area contributed by atoms with E-state index in [0.29, 0.717) is 11.9 Å². The minimum absolute atomic E-state index is 0.104. The molecule has 0 fully saturated rings. The molecule has 0 aromatic rings. The first-order valence-corrected chi connectivity index (χ1v) is 2.79. The summed E-state index contributed by atoms with van der Waals surface area (Å²) in [6, 6.07) is -1.31. The molecule has 0 rings (SSSR count). The SMILES string of the molecule is CSN([O-])C(=O)N=O. The van der Waals surface area contributed by atoms with Crippen LogP contribution < -0.4 is 0 Å². The second-order valence-corrected chi connectivity index (χ2v) is 1.51. The Balaban J connectivity index is 3.62. The molecule has 6 heteroatoms. The molecule has 0 unspecified atom stereocenters. The van der Waals surface area contributed by atoms with Crippen molar-refractivity contribution in [1.82, 2.24) is 4.47 Å². The second kappa shape index (κ2) is 3.39. The van der Waals surface area contributed by atoms with Crippen molar-refractivity contribution in [3.05, 3.63) is 10.1 Å². The Morgan fingerprint density at radius 2 is 2.38 bits per heavy atom. The van der Waals surface area contributed by atoms with Crippen LogP contribution in [0.5, 0.6) is 0 Å². The van der Waals surface area contributed by atoms with Crippen LogP contribution in [0, 0.1) is 10.1 Å². The molecule has 0 atom stereocenters. The molecule has 0 spiro atoms. The highest BCUT2D eigenvalue weighted by molar-refractivity contribution is 7.96. The van der Waals surface area contributed by atoms with E-state index in [0.717, 1.165) is 0 Å². The summed E-state index contributed by atoms with van der Waals surface area (Å²) in [5.74, 6) is 0. The van der Waals surface area contributed by atoms with Gasteiger partial charge in [0.25, 0.3) is 0 Å². The van der Waals surface area contributed by atoms with E-state index in [2.05, 4.69) is 0 Å². The van der Waals surface area contributed by atoms with Crippen LogP contribution in [-0.2, 0) is 0 Å². The summed E-state index contributed by atoms with van der Waals surface area (Å²) in [6.07, 6.45) is 1.37. The lowest BCUT2D eigenvalue weighted by atomic mass is 11.2. The number of urea groups is 1. The van der Waals surface area contributed by atoms with Gasteiger partial charge in [0.15, 0.2) is 0 Å². The zero-order chi connectivity index (χ0) is 6.57. The van der Waals surface area contributed by atoms with E-state index in [-0.39, 0.29) is 4.47 Å². The van der Waals surface area contributed by atoms with Crippen molar-refractivity contribution in [2.45, 2.75) is 0 Å². The van der Waals surface area contributed by atoms with Gasteiger partial charge in [0.05, 0.1) is 0 Å². The fourth-order valence-electron chi connectivity index (χ4n) is 0.111. The lowest BCUT2D eigenvalue weighted by Gasteiger charge is -2.18. The van der Waals surface area contributed by atoms with E-state index in [1.165, 1.54) is 6.26 Å². The molecule has 8 heavy (non-hydrogen) atoms. The molecule has 0 radical (unpaired) electrons. The third-order valence-corrected chi connectivity index (χ3v) is 0.888. The Morgan fingerprint density at radius 1 is 1.88 bits per heavy atom. The van der Waals surface area contributed by atoms with Crippen LogP contribution in [-0.4, -0.2) is 16.8 Å². The van der Waals surface area contributed by atoms with E-state index in [9.17, 15) is 14.9 Å². The average Bonchev–Trinajstić information content (AvgIpc) is 1.84. The highest BCUT2D eigenvalue weighted by atomic mass is 32.2. The Bertz CT molecular complexity index is 105. The molecule has 0 heterocycles. The number of rotatable bonds is 1. The summed E-state index contributed by atoms with van der Waals surface area (Å²) < 4.78 is -0.104. The molecule has 0 bridgehead atoms. The van der Waals surface area contributed by atoms with E-state index < -0.39 is 6.03 Å². The maximum absolute atomic E-state index is 9.98. The maximum Gasteiger partial charge on any atom is 0.380 e. The minimum atomic E-state index is -1.31. The predicted octanol–water partition coefficient (Wildman–Crippen LogP) is 0.951. The summed E-state index contributed by atoms with van der Waals surface area (Å²) in [5, 5.41) is 11.8. The van der Waals surface area contributed by atoms with Crippen LogP contribution >= 0.6 is 11.9 Å². The van der Waals surface area contributed by atoms with E-state index >= 15 is 0 Å². The third kappa shape index (κ3) is 1.90. The smallest absolute Gasteiger partial charge is 0.380 e. The summed E-state index contributed by atoms with van der Waals surface area (Å²) in [6.45, 7) is 0. The molecule has 0 aliphatic heterocycles. The average molecular weight is 135 g/mol. The second-order valence-electron chi connectivity index (χ2n) is 0.814. The van der Waals surface area contributed by atoms with Gasteiger partial charge in [-0.25, -0.2) is 4.79 Å². The van der Waals surface area contributed by atoms with Crippen molar-refractivity contribution in [2.24, 2.45) is 5.18 Å². The topological polar surface area (TPSA) is 72.8 Å². The van der Waals surface area contributed by atoms with Crippen LogP contribution in [0.1, 0.15) is 0 Å². The zero-order valence-corrected chi connectivity index (χ0v) is 4.84. The monoisotopic (exact) mass is 135 g/mol. The highest BCUT2D eigenvalue weighted by Gasteiger charge is 1.98. The summed E-state index contributed by atoms with van der Waals surface area (Å²) in [5.41, 5.74) is 0. The Kier molecular flexibility index (Phi) is 3.13. The molecule has 0 aliphatic rings. The van der Waals surface area contributed by atoms with Crippen molar-refractivity contribution < 1.29 is 4.79 Å². The third-order valence-electron chi connectivity index (χ3n) is 0.400. The van der Waals surface area contributed by atoms with Gasteiger partial charge in [-0.2, -0.15) is 0 Å². The highest BCUT2D eigenvalue weighted by Crippen LogP contribution is 2.02. The summed E-state index contributed by atoms with van der Waals surface area (Å²) >= 11 is 0.592. The summed E-state index contributed by atoms with van der Waals surface area (Å²) in [7, 11) is 0. The Hall–Kier alpha value is -0.620. The molecule has 0 aliphatic carbocycles. The molecular formula is C2H3N2O3S-. The Labute approximate surface area is 49.7 Å². The standard InChI is InChI=1S/C2H3N2O3S/c1-8-4(7)2(5)3-6/h1H3/q-1. The normalized spacial score (nSPS) is 8.25. The van der Waals surface area contributed by atoms with Gasteiger partial charge in [0, 0.05) is 11.4 Å². The number of carbonyl (C=O) groups excluding carboxylic acids is 1. The van der Waals surface area contributed by atoms with E-state index in [1.807, 2.05) is 5.18 Å². The fourth-order valence-corrected chi connectivity index (χ4v) is 0.301. The molecule has 0 saturated heterocycles. The van der Waals surface area contributed by atoms with Gasteiger partial charge in [-0.15, -0.1) is 4.91 Å². The molecule has 0 saturated carbocycles. The molecule has 5 nitrogen and oxygen atoms in total. The number of amides is 2. The van der Waals surface area contributed by atoms with Gasteiger partial charge < -0.3 is 9.68 Å². The van der Waals surface area contributed by atoms with Crippen molar-refractivity contribution in [2.75, 3.05) is 6.26 Å². The number of carbonyl (C=O) groups is 1. The number of hydrogen-bond donors (Lipinski definition) is 0. The molecular weight excluding hydrogens is 132 g/mol. The quantitative estimate of drug-likeness (QED) is 0.305. The van der Waals surface area contributed by atoms with Crippen LogP contribution in [0.2, 0.25) is 0 Å². The first-order chi connectivity index (χ1) is 3.72. The number of hydrogen-bond acceptors (Lipinski definition) is 4. The van der Waals surface area contributed by atoms with E-state index in [1.54, 1.807) is 0 Å². The predicted molar refractivity (Wildman–Crippen MR) is 29.9 cm³/mol. The zero-order valence-electron chi connectivity index (χ0n) is 4.03. The van der Waals surface area contributed by atoms with Crippen molar-refractivity contribution in [3.63, 3.8) is 0 Å². The van der Waals surface area contributed by atoms with E-state index in [4.69, 9.17) is 0 Å². The molecule has 46 valence electrons. The minimum Gasteiger partial charge on any atom is -0.744 e. The molecule has 0 aromatic heterocycles. The number of hydroxylamine groups is 1. The van der Waals surface area contributed by atoms with Gasteiger partial charge in [-0.3, -0.25) is 0 Å². The largest absolute Gasteiger partial charge is 0.744 e. The van der Waals surface area contributed by atoms with Gasteiger partial charge in [-0.05, 0) is 0 Å². The van der Waals surface area contributed by atoms with Gasteiger partial charge in [0.1, 0.15) is 0 Å². The Morgan fingerprint density at radius 3 is 2.50 bits per heavy atom. The molecule has 2 amide bonds. The van der Waals surface area contributed by atoms with Gasteiger partial charge >= 0.3 is 6.03 Å². The number of nitroso groups, excluding NO2 is 1. The molecule has 0 N–H and O–H groups in total.